The second-order valence-corrected chi connectivity index (χ2v) is 6.14. The molecular weight excluding hydrogens is 321 g/mol. The number of anilines is 1. The Kier molecular flexibility index (Phi) is 3.72. The van der Waals surface area contributed by atoms with Gasteiger partial charge in [-0.05, 0) is 12.1 Å². The fourth-order valence-electron chi connectivity index (χ4n) is 1.19. The molecule has 0 amide bonds. The van der Waals surface area contributed by atoms with Crippen molar-refractivity contribution in [2.75, 3.05) is 4.72 Å². The van der Waals surface area contributed by atoms with Crippen LogP contribution in [0.3, 0.4) is 0 Å². The van der Waals surface area contributed by atoms with Crippen LogP contribution in [0.15, 0.2) is 29.7 Å². The van der Waals surface area contributed by atoms with Crippen LogP contribution >= 0.6 is 34.8 Å². The third-order valence-electron chi connectivity index (χ3n) is 2.02. The monoisotopic (exact) mass is 325 g/mol. The summed E-state index contributed by atoms with van der Waals surface area (Å²) in [4.78, 5) is 6.11. The number of imidazole rings is 1. The van der Waals surface area contributed by atoms with Crippen LogP contribution in [-0.4, -0.2) is 18.4 Å². The lowest BCUT2D eigenvalue weighted by Crippen LogP contribution is -2.13. The summed E-state index contributed by atoms with van der Waals surface area (Å²) in [5.41, 5.74) is 0.140. The molecule has 96 valence electrons. The van der Waals surface area contributed by atoms with E-state index in [1.165, 1.54) is 24.7 Å². The Morgan fingerprint density at radius 2 is 1.78 bits per heavy atom. The first-order valence-electron chi connectivity index (χ1n) is 4.56. The molecule has 18 heavy (non-hydrogen) atoms. The maximum atomic E-state index is 11.9. The summed E-state index contributed by atoms with van der Waals surface area (Å²) in [5.74, 6) is 0. The molecule has 1 aromatic carbocycles. The van der Waals surface area contributed by atoms with Crippen LogP contribution in [0.5, 0.6) is 0 Å². The zero-order chi connectivity index (χ0) is 13.3. The molecule has 1 aromatic heterocycles. The molecule has 0 aliphatic rings. The second kappa shape index (κ2) is 4.97. The van der Waals surface area contributed by atoms with Crippen molar-refractivity contribution < 1.29 is 8.42 Å². The molecule has 9 heteroatoms. The number of hydrogen-bond acceptors (Lipinski definition) is 3. The molecule has 0 unspecified atom stereocenters. The summed E-state index contributed by atoms with van der Waals surface area (Å²) in [6.07, 6.45) is 2.43. The van der Waals surface area contributed by atoms with Crippen molar-refractivity contribution in [3.8, 4) is 0 Å². The molecule has 0 fully saturated rings. The van der Waals surface area contributed by atoms with Gasteiger partial charge in [-0.3, -0.25) is 4.72 Å². The SMILES string of the molecule is O=S(=O)(Nc1cc(Cl)c(Cl)cc1Cl)c1cnc[nH]1. The van der Waals surface area contributed by atoms with E-state index in [4.69, 9.17) is 34.8 Å². The molecule has 0 radical (unpaired) electrons. The minimum absolute atomic E-state index is 0.0790. The topological polar surface area (TPSA) is 74.8 Å². The summed E-state index contributed by atoms with van der Waals surface area (Å²) in [7, 11) is -3.78. The van der Waals surface area contributed by atoms with Gasteiger partial charge in [-0.1, -0.05) is 34.8 Å². The van der Waals surface area contributed by atoms with Crippen molar-refractivity contribution in [1.29, 1.82) is 0 Å². The highest BCUT2D eigenvalue weighted by atomic mass is 35.5. The van der Waals surface area contributed by atoms with E-state index in [9.17, 15) is 8.42 Å². The van der Waals surface area contributed by atoms with Crippen LogP contribution in [-0.2, 0) is 10.0 Å². The van der Waals surface area contributed by atoms with Gasteiger partial charge in [0.1, 0.15) is 0 Å². The number of hydrogen-bond donors (Lipinski definition) is 2. The highest BCUT2D eigenvalue weighted by Crippen LogP contribution is 2.33. The summed E-state index contributed by atoms with van der Waals surface area (Å²) in [6.45, 7) is 0. The molecule has 2 aromatic rings. The highest BCUT2D eigenvalue weighted by molar-refractivity contribution is 7.92. The van der Waals surface area contributed by atoms with E-state index in [1.807, 2.05) is 0 Å². The average Bonchev–Trinajstić information content (AvgIpc) is 2.79. The van der Waals surface area contributed by atoms with E-state index in [2.05, 4.69) is 14.7 Å². The molecule has 2 rings (SSSR count). The van der Waals surface area contributed by atoms with Gasteiger partial charge >= 0.3 is 0 Å². The Morgan fingerprint density at radius 3 is 2.39 bits per heavy atom. The Balaban J connectivity index is 2.39. The predicted octanol–water partition coefficient (Wildman–Crippen LogP) is 3.17. The summed E-state index contributed by atoms with van der Waals surface area (Å²) >= 11 is 17.4. The lowest BCUT2D eigenvalue weighted by atomic mass is 10.3. The molecular formula is C9H6Cl3N3O2S. The van der Waals surface area contributed by atoms with E-state index in [-0.39, 0.29) is 25.8 Å². The van der Waals surface area contributed by atoms with Crippen LogP contribution in [0.4, 0.5) is 5.69 Å². The van der Waals surface area contributed by atoms with E-state index in [0.717, 1.165) is 0 Å². The van der Waals surface area contributed by atoms with Gasteiger partial charge in [0, 0.05) is 0 Å². The average molecular weight is 327 g/mol. The quantitative estimate of drug-likeness (QED) is 0.851. The van der Waals surface area contributed by atoms with Crippen molar-refractivity contribution in [1.82, 2.24) is 9.97 Å². The van der Waals surface area contributed by atoms with Crippen molar-refractivity contribution in [2.45, 2.75) is 5.03 Å². The number of halogens is 3. The number of sulfonamides is 1. The van der Waals surface area contributed by atoms with Crippen LogP contribution < -0.4 is 4.72 Å². The molecule has 2 N–H and O–H groups in total. The minimum atomic E-state index is -3.78. The fraction of sp³-hybridized carbons (Fsp3) is 0. The number of H-pyrrole nitrogens is 1. The molecule has 0 aliphatic carbocycles. The number of nitrogens with zero attached hydrogens (tertiary/aromatic N) is 1. The van der Waals surface area contributed by atoms with Crippen molar-refractivity contribution in [2.24, 2.45) is 0 Å². The summed E-state index contributed by atoms with van der Waals surface area (Å²) in [5, 5.41) is 0.506. The number of benzene rings is 1. The molecule has 0 spiro atoms. The van der Waals surface area contributed by atoms with Gasteiger partial charge < -0.3 is 4.98 Å². The largest absolute Gasteiger partial charge is 0.334 e. The summed E-state index contributed by atoms with van der Waals surface area (Å²) < 4.78 is 26.1. The van der Waals surface area contributed by atoms with Crippen LogP contribution in [0, 0.1) is 0 Å². The molecule has 1 heterocycles. The van der Waals surface area contributed by atoms with E-state index < -0.39 is 10.0 Å². The Morgan fingerprint density at radius 1 is 1.11 bits per heavy atom. The van der Waals surface area contributed by atoms with Gasteiger partial charge in [-0.15, -0.1) is 0 Å². The standard InChI is InChI=1S/C9H6Cl3N3O2S/c10-5-1-7(12)8(2-6(5)11)15-18(16,17)9-3-13-4-14-9/h1-4,15H,(H,13,14). The Labute approximate surface area is 118 Å². The zero-order valence-electron chi connectivity index (χ0n) is 8.62. The maximum Gasteiger partial charge on any atom is 0.279 e. The second-order valence-electron chi connectivity index (χ2n) is 3.27. The van der Waals surface area contributed by atoms with Crippen LogP contribution in [0.25, 0.3) is 0 Å². The van der Waals surface area contributed by atoms with Gasteiger partial charge in [0.05, 0.1) is 33.3 Å². The fourth-order valence-corrected chi connectivity index (χ4v) is 2.82. The lowest BCUT2D eigenvalue weighted by Gasteiger charge is -2.09. The zero-order valence-corrected chi connectivity index (χ0v) is 11.7. The summed E-state index contributed by atoms with van der Waals surface area (Å²) in [6, 6.07) is 2.69. The predicted molar refractivity (Wildman–Crippen MR) is 70.9 cm³/mol. The van der Waals surface area contributed by atoms with E-state index in [0.29, 0.717) is 0 Å². The highest BCUT2D eigenvalue weighted by Gasteiger charge is 2.18. The van der Waals surface area contributed by atoms with Gasteiger partial charge in [0.15, 0.2) is 5.03 Å². The number of aromatic amines is 1. The van der Waals surface area contributed by atoms with Gasteiger partial charge in [-0.2, -0.15) is 8.42 Å². The number of rotatable bonds is 3. The van der Waals surface area contributed by atoms with Crippen LogP contribution in [0.1, 0.15) is 0 Å². The lowest BCUT2D eigenvalue weighted by molar-refractivity contribution is 0.598. The molecule has 0 atom stereocenters. The normalized spacial score (nSPS) is 11.5. The first-order valence-corrected chi connectivity index (χ1v) is 7.17. The smallest absolute Gasteiger partial charge is 0.279 e. The van der Waals surface area contributed by atoms with E-state index in [1.54, 1.807) is 0 Å². The first-order chi connectivity index (χ1) is 8.40. The molecule has 0 saturated carbocycles. The van der Waals surface area contributed by atoms with Crippen molar-refractivity contribution >= 4 is 50.5 Å². The number of nitrogens with one attached hydrogen (secondary N) is 2. The van der Waals surface area contributed by atoms with Crippen molar-refractivity contribution in [3.63, 3.8) is 0 Å². The van der Waals surface area contributed by atoms with Crippen LogP contribution in [0.2, 0.25) is 15.1 Å². The van der Waals surface area contributed by atoms with Crippen molar-refractivity contribution in [3.05, 3.63) is 39.7 Å². The minimum Gasteiger partial charge on any atom is -0.334 e. The van der Waals surface area contributed by atoms with Gasteiger partial charge in [0.25, 0.3) is 10.0 Å². The third-order valence-corrected chi connectivity index (χ3v) is 4.34. The first kappa shape index (κ1) is 13.5. The molecule has 5 nitrogen and oxygen atoms in total. The molecule has 0 bridgehead atoms. The maximum absolute atomic E-state index is 11.9. The molecule has 0 aliphatic heterocycles. The Bertz CT molecular complexity index is 671. The molecule has 0 saturated heterocycles. The Hall–Kier alpha value is -0.950. The number of aromatic nitrogens is 2. The van der Waals surface area contributed by atoms with Gasteiger partial charge in [-0.25, -0.2) is 4.98 Å². The van der Waals surface area contributed by atoms with E-state index >= 15 is 0 Å². The third kappa shape index (κ3) is 2.72. The van der Waals surface area contributed by atoms with Gasteiger partial charge in [0.2, 0.25) is 0 Å².